The first kappa shape index (κ1) is 13.4. The van der Waals surface area contributed by atoms with E-state index in [0.717, 1.165) is 4.68 Å². The molecule has 0 aliphatic rings. The van der Waals surface area contributed by atoms with Gasteiger partial charge >= 0.3 is 5.97 Å². The van der Waals surface area contributed by atoms with Gasteiger partial charge in [-0.2, -0.15) is 5.10 Å². The molecule has 0 aromatic carbocycles. The molecular formula is C10H15F2N3O2. The van der Waals surface area contributed by atoms with E-state index in [0.29, 0.717) is 0 Å². The number of rotatable bonds is 3. The molecule has 0 saturated carbocycles. The molecule has 1 rings (SSSR count). The van der Waals surface area contributed by atoms with Crippen LogP contribution in [-0.4, -0.2) is 21.4 Å². The largest absolute Gasteiger partial charge is 0.459 e. The highest BCUT2D eigenvalue weighted by Crippen LogP contribution is 2.22. The number of hydrogen-bond acceptors (Lipinski definition) is 4. The Labute approximate surface area is 97.5 Å². The Balaban J connectivity index is 2.70. The third kappa shape index (κ3) is 4.01. The monoisotopic (exact) mass is 247 g/mol. The topological polar surface area (TPSA) is 70.1 Å². The number of halogens is 2. The van der Waals surface area contributed by atoms with Crippen molar-refractivity contribution in [2.75, 3.05) is 5.73 Å². The molecule has 96 valence electrons. The highest BCUT2D eigenvalue weighted by atomic mass is 19.3. The molecule has 0 aliphatic heterocycles. The molecule has 0 radical (unpaired) electrons. The lowest BCUT2D eigenvalue weighted by Gasteiger charge is -2.19. The van der Waals surface area contributed by atoms with Crippen LogP contribution in [0.5, 0.6) is 0 Å². The van der Waals surface area contributed by atoms with Crippen LogP contribution in [-0.2, 0) is 16.1 Å². The molecule has 0 fully saturated rings. The average molecular weight is 247 g/mol. The molecule has 5 nitrogen and oxygen atoms in total. The maximum absolute atomic E-state index is 12.4. The number of anilines is 1. The summed E-state index contributed by atoms with van der Waals surface area (Å²) in [6, 6.07) is 0. The van der Waals surface area contributed by atoms with E-state index in [1.807, 2.05) is 0 Å². The van der Waals surface area contributed by atoms with E-state index in [-0.39, 0.29) is 12.2 Å². The summed E-state index contributed by atoms with van der Waals surface area (Å²) in [6.45, 7) is 4.90. The van der Waals surface area contributed by atoms with Crippen LogP contribution in [0.25, 0.3) is 0 Å². The number of ether oxygens (including phenoxy) is 1. The Kier molecular flexibility index (Phi) is 3.69. The van der Waals surface area contributed by atoms with Crippen molar-refractivity contribution in [1.29, 1.82) is 0 Å². The molecule has 0 saturated heterocycles. The lowest BCUT2D eigenvalue weighted by atomic mass is 10.2. The van der Waals surface area contributed by atoms with Gasteiger partial charge < -0.3 is 10.5 Å². The van der Waals surface area contributed by atoms with Crippen molar-refractivity contribution in [3.8, 4) is 0 Å². The van der Waals surface area contributed by atoms with E-state index in [1.54, 1.807) is 20.8 Å². The van der Waals surface area contributed by atoms with Crippen molar-refractivity contribution in [3.63, 3.8) is 0 Å². The zero-order valence-corrected chi connectivity index (χ0v) is 9.91. The molecule has 0 spiro atoms. The van der Waals surface area contributed by atoms with Crippen LogP contribution in [0.1, 0.15) is 32.9 Å². The van der Waals surface area contributed by atoms with Gasteiger partial charge in [0.25, 0.3) is 6.43 Å². The Morgan fingerprint density at radius 1 is 1.59 bits per heavy atom. The molecule has 1 heterocycles. The summed E-state index contributed by atoms with van der Waals surface area (Å²) in [5, 5.41) is 3.52. The van der Waals surface area contributed by atoms with Crippen molar-refractivity contribution in [1.82, 2.24) is 9.78 Å². The summed E-state index contributed by atoms with van der Waals surface area (Å²) in [6.07, 6.45) is -1.57. The van der Waals surface area contributed by atoms with Crippen molar-refractivity contribution < 1.29 is 18.3 Å². The van der Waals surface area contributed by atoms with Crippen molar-refractivity contribution >= 4 is 11.7 Å². The first-order valence-corrected chi connectivity index (χ1v) is 5.02. The van der Waals surface area contributed by atoms with Gasteiger partial charge in [0, 0.05) is 6.20 Å². The fourth-order valence-electron chi connectivity index (χ4n) is 1.21. The molecule has 0 bridgehead atoms. The van der Waals surface area contributed by atoms with E-state index in [2.05, 4.69) is 5.10 Å². The van der Waals surface area contributed by atoms with E-state index in [1.165, 1.54) is 6.20 Å². The van der Waals surface area contributed by atoms with E-state index in [9.17, 15) is 13.6 Å². The van der Waals surface area contributed by atoms with Crippen LogP contribution >= 0.6 is 0 Å². The summed E-state index contributed by atoms with van der Waals surface area (Å²) in [7, 11) is 0. The molecular weight excluding hydrogens is 232 g/mol. The average Bonchev–Trinajstić information content (AvgIpc) is 2.42. The first-order chi connectivity index (χ1) is 7.69. The molecule has 2 N–H and O–H groups in total. The van der Waals surface area contributed by atoms with Gasteiger partial charge in [0.05, 0.1) is 5.69 Å². The molecule has 1 aromatic rings. The number of alkyl halides is 2. The zero-order valence-electron chi connectivity index (χ0n) is 9.91. The lowest BCUT2D eigenvalue weighted by molar-refractivity contribution is -0.155. The lowest BCUT2D eigenvalue weighted by Crippen LogP contribution is -2.26. The predicted molar refractivity (Wildman–Crippen MR) is 57.4 cm³/mol. The van der Waals surface area contributed by atoms with Crippen LogP contribution in [0, 0.1) is 0 Å². The van der Waals surface area contributed by atoms with Crippen molar-refractivity contribution in [2.45, 2.75) is 39.3 Å². The van der Waals surface area contributed by atoms with Crippen molar-refractivity contribution in [3.05, 3.63) is 11.9 Å². The smallest absolute Gasteiger partial charge is 0.328 e. The minimum atomic E-state index is -2.75. The SMILES string of the molecule is CC(C)(C)OC(=O)Cn1cc(N)c(C(F)F)n1. The van der Waals surface area contributed by atoms with Gasteiger partial charge in [0.2, 0.25) is 0 Å². The zero-order chi connectivity index (χ0) is 13.2. The van der Waals surface area contributed by atoms with Gasteiger partial charge in [-0.05, 0) is 20.8 Å². The minimum Gasteiger partial charge on any atom is -0.459 e. The number of nitrogens with two attached hydrogens (primary N) is 1. The number of carbonyl (C=O) groups excluding carboxylic acids is 1. The van der Waals surface area contributed by atoms with Gasteiger partial charge in [-0.3, -0.25) is 9.48 Å². The summed E-state index contributed by atoms with van der Waals surface area (Å²) < 4.78 is 30.8. The van der Waals surface area contributed by atoms with E-state index >= 15 is 0 Å². The second-order valence-electron chi connectivity index (χ2n) is 4.55. The van der Waals surface area contributed by atoms with Gasteiger partial charge in [-0.15, -0.1) is 0 Å². The molecule has 0 atom stereocenters. The first-order valence-electron chi connectivity index (χ1n) is 5.02. The number of nitrogen functional groups attached to an aromatic ring is 1. The highest BCUT2D eigenvalue weighted by Gasteiger charge is 2.20. The summed E-state index contributed by atoms with van der Waals surface area (Å²) in [5.74, 6) is -0.555. The fourth-order valence-corrected chi connectivity index (χ4v) is 1.21. The number of carbonyl (C=O) groups is 1. The maximum Gasteiger partial charge on any atom is 0.328 e. The van der Waals surface area contributed by atoms with Gasteiger partial charge in [0.1, 0.15) is 12.1 Å². The number of nitrogens with zero attached hydrogens (tertiary/aromatic N) is 2. The van der Waals surface area contributed by atoms with Gasteiger partial charge in [-0.25, -0.2) is 8.78 Å². The van der Waals surface area contributed by atoms with Crippen LogP contribution in [0.15, 0.2) is 6.20 Å². The minimum absolute atomic E-state index is 0.136. The number of aromatic nitrogens is 2. The predicted octanol–water partition coefficient (Wildman–Crippen LogP) is 1.74. The standard InChI is InChI=1S/C10H15F2N3O2/c1-10(2,3)17-7(16)5-15-4-6(13)8(14-15)9(11)12/h4,9H,5,13H2,1-3H3. The maximum atomic E-state index is 12.4. The Morgan fingerprint density at radius 2 is 2.18 bits per heavy atom. The second kappa shape index (κ2) is 4.68. The van der Waals surface area contributed by atoms with E-state index < -0.39 is 23.7 Å². The van der Waals surface area contributed by atoms with Crippen LogP contribution in [0.4, 0.5) is 14.5 Å². The summed E-state index contributed by atoms with van der Waals surface area (Å²) in [5.41, 5.74) is 4.05. The van der Waals surface area contributed by atoms with Crippen LogP contribution in [0.3, 0.4) is 0 Å². The van der Waals surface area contributed by atoms with Crippen LogP contribution < -0.4 is 5.73 Å². The summed E-state index contributed by atoms with van der Waals surface area (Å²) in [4.78, 5) is 11.4. The number of hydrogen-bond donors (Lipinski definition) is 1. The van der Waals surface area contributed by atoms with Crippen LogP contribution in [0.2, 0.25) is 0 Å². The molecule has 0 aliphatic carbocycles. The Bertz CT molecular complexity index is 410. The Morgan fingerprint density at radius 3 is 2.59 bits per heavy atom. The quantitative estimate of drug-likeness (QED) is 0.826. The second-order valence-corrected chi connectivity index (χ2v) is 4.55. The Hall–Kier alpha value is -1.66. The molecule has 17 heavy (non-hydrogen) atoms. The van der Waals surface area contributed by atoms with Gasteiger partial charge in [0.15, 0.2) is 5.69 Å². The summed E-state index contributed by atoms with van der Waals surface area (Å²) >= 11 is 0. The molecule has 0 unspecified atom stereocenters. The third-order valence-corrected chi connectivity index (χ3v) is 1.74. The third-order valence-electron chi connectivity index (χ3n) is 1.74. The van der Waals surface area contributed by atoms with Gasteiger partial charge in [-0.1, -0.05) is 0 Å². The van der Waals surface area contributed by atoms with Crippen molar-refractivity contribution in [2.24, 2.45) is 0 Å². The highest BCUT2D eigenvalue weighted by molar-refractivity contribution is 5.69. The van der Waals surface area contributed by atoms with E-state index in [4.69, 9.17) is 10.5 Å². The molecule has 1 aromatic heterocycles. The molecule has 7 heteroatoms. The molecule has 0 amide bonds. The number of esters is 1. The fraction of sp³-hybridized carbons (Fsp3) is 0.600. The normalized spacial score (nSPS) is 11.9.